The monoisotopic (exact) mass is 296 g/mol. The highest BCUT2D eigenvalue weighted by Crippen LogP contribution is 2.32. The van der Waals surface area contributed by atoms with E-state index in [1.54, 1.807) is 0 Å². The molecule has 2 aliphatic rings. The van der Waals surface area contributed by atoms with Crippen molar-refractivity contribution in [1.82, 2.24) is 5.43 Å². The first kappa shape index (κ1) is 13.9. The topological polar surface area (TPSA) is 81.4 Å². The first-order chi connectivity index (χ1) is 9.57. The van der Waals surface area contributed by atoms with Gasteiger partial charge >= 0.3 is 0 Å². The van der Waals surface area contributed by atoms with Gasteiger partial charge in [-0.25, -0.2) is 8.42 Å². The van der Waals surface area contributed by atoms with Crippen LogP contribution in [0.25, 0.3) is 0 Å². The van der Waals surface area contributed by atoms with Crippen LogP contribution < -0.4 is 16.0 Å². The molecule has 20 heavy (non-hydrogen) atoms. The lowest BCUT2D eigenvalue weighted by Crippen LogP contribution is -2.34. The normalized spacial score (nSPS) is 26.4. The molecule has 1 aromatic rings. The van der Waals surface area contributed by atoms with Gasteiger partial charge in [0.25, 0.3) is 0 Å². The van der Waals surface area contributed by atoms with Gasteiger partial charge in [-0.1, -0.05) is 12.1 Å². The third kappa shape index (κ3) is 3.13. The van der Waals surface area contributed by atoms with E-state index in [1.165, 1.54) is 0 Å². The molecule has 1 heterocycles. The Balaban J connectivity index is 1.72. The molecule has 0 aromatic heterocycles. The van der Waals surface area contributed by atoms with Gasteiger partial charge in [-0.3, -0.25) is 11.3 Å². The second-order valence-corrected chi connectivity index (χ2v) is 7.92. The first-order valence-corrected chi connectivity index (χ1v) is 8.83. The summed E-state index contributed by atoms with van der Waals surface area (Å²) in [5, 5.41) is 0. The van der Waals surface area contributed by atoms with Crippen LogP contribution >= 0.6 is 0 Å². The van der Waals surface area contributed by atoms with E-state index in [9.17, 15) is 8.42 Å². The maximum absolute atomic E-state index is 11.6. The van der Waals surface area contributed by atoms with E-state index in [4.69, 9.17) is 10.6 Å². The Morgan fingerprint density at radius 1 is 1.20 bits per heavy atom. The number of hydrazine groups is 1. The highest BCUT2D eigenvalue weighted by molar-refractivity contribution is 7.91. The van der Waals surface area contributed by atoms with E-state index in [0.717, 1.165) is 24.2 Å². The predicted molar refractivity (Wildman–Crippen MR) is 76.9 cm³/mol. The molecule has 0 bridgehead atoms. The minimum Gasteiger partial charge on any atom is -0.490 e. The zero-order chi connectivity index (χ0) is 14.2. The van der Waals surface area contributed by atoms with Crippen molar-refractivity contribution in [3.8, 4) is 5.75 Å². The zero-order valence-corrected chi connectivity index (χ0v) is 12.1. The average Bonchev–Trinajstić information content (AvgIpc) is 3.16. The van der Waals surface area contributed by atoms with E-state index in [-0.39, 0.29) is 23.5 Å². The SMILES string of the molecule is NNC(c1ccc(OC2CC2)cc1)C1CCS(=O)(=O)C1. The molecule has 3 rings (SSSR count). The minimum atomic E-state index is -2.89. The van der Waals surface area contributed by atoms with Crippen molar-refractivity contribution in [2.24, 2.45) is 11.8 Å². The maximum Gasteiger partial charge on any atom is 0.150 e. The van der Waals surface area contributed by atoms with Crippen molar-refractivity contribution in [2.45, 2.75) is 31.4 Å². The summed E-state index contributed by atoms with van der Waals surface area (Å²) in [6.07, 6.45) is 3.31. The number of nitrogens with two attached hydrogens (primary N) is 1. The Hall–Kier alpha value is -1.11. The van der Waals surface area contributed by atoms with E-state index < -0.39 is 9.84 Å². The summed E-state index contributed by atoms with van der Waals surface area (Å²) in [4.78, 5) is 0. The molecular weight excluding hydrogens is 276 g/mol. The molecule has 0 amide bonds. The summed E-state index contributed by atoms with van der Waals surface area (Å²) in [5.74, 6) is 7.01. The van der Waals surface area contributed by atoms with Crippen LogP contribution in [0.5, 0.6) is 5.75 Å². The van der Waals surface area contributed by atoms with Gasteiger partial charge in [0.05, 0.1) is 17.6 Å². The number of ether oxygens (including phenoxy) is 1. The molecule has 0 radical (unpaired) electrons. The second-order valence-electron chi connectivity index (χ2n) is 5.69. The zero-order valence-electron chi connectivity index (χ0n) is 11.3. The summed E-state index contributed by atoms with van der Waals surface area (Å²) < 4.78 is 28.9. The van der Waals surface area contributed by atoms with Gasteiger partial charge in [-0.05, 0) is 42.9 Å². The molecule has 2 fully saturated rings. The van der Waals surface area contributed by atoms with Crippen LogP contribution in [0.1, 0.15) is 30.9 Å². The number of hydrogen-bond donors (Lipinski definition) is 2. The summed E-state index contributed by atoms with van der Waals surface area (Å²) in [5.41, 5.74) is 3.78. The maximum atomic E-state index is 11.6. The Bertz CT molecular complexity index is 567. The van der Waals surface area contributed by atoms with Crippen molar-refractivity contribution in [3.05, 3.63) is 29.8 Å². The smallest absolute Gasteiger partial charge is 0.150 e. The molecule has 5 nitrogen and oxygen atoms in total. The summed E-state index contributed by atoms with van der Waals surface area (Å²) in [6.45, 7) is 0. The Labute approximate surface area is 119 Å². The molecule has 6 heteroatoms. The van der Waals surface area contributed by atoms with Crippen LogP contribution in [0.4, 0.5) is 0 Å². The highest BCUT2D eigenvalue weighted by atomic mass is 32.2. The lowest BCUT2D eigenvalue weighted by Gasteiger charge is -2.22. The van der Waals surface area contributed by atoms with Gasteiger partial charge in [0, 0.05) is 6.04 Å². The fraction of sp³-hybridized carbons (Fsp3) is 0.571. The van der Waals surface area contributed by atoms with Gasteiger partial charge < -0.3 is 4.74 Å². The average molecular weight is 296 g/mol. The number of sulfone groups is 1. The molecule has 2 unspecified atom stereocenters. The fourth-order valence-electron chi connectivity index (χ4n) is 2.72. The molecule has 1 saturated heterocycles. The third-order valence-electron chi connectivity index (χ3n) is 3.98. The van der Waals surface area contributed by atoms with Crippen LogP contribution in [0, 0.1) is 5.92 Å². The van der Waals surface area contributed by atoms with Crippen LogP contribution in [0.15, 0.2) is 24.3 Å². The van der Waals surface area contributed by atoms with Gasteiger partial charge in [0.1, 0.15) is 5.75 Å². The largest absolute Gasteiger partial charge is 0.490 e. The van der Waals surface area contributed by atoms with Crippen molar-refractivity contribution >= 4 is 9.84 Å². The highest BCUT2D eigenvalue weighted by Gasteiger charge is 2.34. The van der Waals surface area contributed by atoms with Crippen LogP contribution in [-0.2, 0) is 9.84 Å². The van der Waals surface area contributed by atoms with Gasteiger partial charge in [-0.15, -0.1) is 0 Å². The predicted octanol–water partition coefficient (Wildman–Crippen LogP) is 1.17. The van der Waals surface area contributed by atoms with Gasteiger partial charge in [0.2, 0.25) is 0 Å². The Morgan fingerprint density at radius 3 is 2.40 bits per heavy atom. The Morgan fingerprint density at radius 2 is 1.90 bits per heavy atom. The molecule has 2 atom stereocenters. The molecule has 0 spiro atoms. The number of rotatable bonds is 5. The van der Waals surface area contributed by atoms with Crippen molar-refractivity contribution < 1.29 is 13.2 Å². The molecule has 1 aliphatic heterocycles. The van der Waals surface area contributed by atoms with Crippen LogP contribution in [-0.4, -0.2) is 26.0 Å². The molecule has 110 valence electrons. The third-order valence-corrected chi connectivity index (χ3v) is 5.78. The summed E-state index contributed by atoms with van der Waals surface area (Å²) in [6, 6.07) is 7.67. The van der Waals surface area contributed by atoms with E-state index in [2.05, 4.69) is 5.43 Å². The molecular formula is C14H20N2O3S. The number of hydrogen-bond acceptors (Lipinski definition) is 5. The molecule has 1 saturated carbocycles. The van der Waals surface area contributed by atoms with Gasteiger partial charge in [0.15, 0.2) is 9.84 Å². The minimum absolute atomic E-state index is 0.0419. The number of benzene rings is 1. The van der Waals surface area contributed by atoms with Crippen molar-refractivity contribution in [1.29, 1.82) is 0 Å². The standard InChI is InChI=1S/C14H20N2O3S/c15-16-14(11-7-8-20(17,18)9-11)10-1-3-12(4-2-10)19-13-5-6-13/h1-4,11,13-14,16H,5-9,15H2. The van der Waals surface area contributed by atoms with Crippen molar-refractivity contribution in [3.63, 3.8) is 0 Å². The van der Waals surface area contributed by atoms with Crippen LogP contribution in [0.3, 0.4) is 0 Å². The Kier molecular flexibility index (Phi) is 3.70. The van der Waals surface area contributed by atoms with E-state index >= 15 is 0 Å². The molecule has 1 aromatic carbocycles. The summed E-state index contributed by atoms with van der Waals surface area (Å²) >= 11 is 0. The second kappa shape index (κ2) is 5.35. The van der Waals surface area contributed by atoms with Gasteiger partial charge in [-0.2, -0.15) is 0 Å². The lowest BCUT2D eigenvalue weighted by molar-refractivity contribution is 0.303. The summed E-state index contributed by atoms with van der Waals surface area (Å²) in [7, 11) is -2.89. The molecule has 3 N–H and O–H groups in total. The molecule has 1 aliphatic carbocycles. The van der Waals surface area contributed by atoms with Crippen molar-refractivity contribution in [2.75, 3.05) is 11.5 Å². The number of nitrogens with one attached hydrogen (secondary N) is 1. The van der Waals surface area contributed by atoms with E-state index in [1.807, 2.05) is 24.3 Å². The lowest BCUT2D eigenvalue weighted by atomic mass is 9.93. The first-order valence-electron chi connectivity index (χ1n) is 7.00. The fourth-order valence-corrected chi connectivity index (χ4v) is 4.56. The van der Waals surface area contributed by atoms with Crippen LogP contribution in [0.2, 0.25) is 0 Å². The van der Waals surface area contributed by atoms with E-state index in [0.29, 0.717) is 12.5 Å². The quantitative estimate of drug-likeness (QED) is 0.629.